The average Bonchev–Trinajstić information content (AvgIpc) is 2.52. The highest BCUT2D eigenvalue weighted by molar-refractivity contribution is 5.83. The zero-order valence-corrected chi connectivity index (χ0v) is 11.9. The predicted molar refractivity (Wildman–Crippen MR) is 69.4 cm³/mol. The molecule has 1 fully saturated rings. The maximum Gasteiger partial charge on any atom is 0.326 e. The van der Waals surface area contributed by atoms with Crippen molar-refractivity contribution in [3.05, 3.63) is 0 Å². The van der Waals surface area contributed by atoms with Crippen LogP contribution in [0.2, 0.25) is 0 Å². The van der Waals surface area contributed by atoms with E-state index in [9.17, 15) is 14.7 Å². The fraction of sp³-hybridized carbons (Fsp3) is 0.846. The van der Waals surface area contributed by atoms with Gasteiger partial charge in [-0.3, -0.25) is 0 Å². The Kier molecular flexibility index (Phi) is 3.93. The molecule has 1 aliphatic heterocycles. The van der Waals surface area contributed by atoms with Crippen LogP contribution in [0.4, 0.5) is 4.79 Å². The second-order valence-electron chi connectivity index (χ2n) is 6.92. The van der Waals surface area contributed by atoms with Gasteiger partial charge in [0.15, 0.2) is 0 Å². The first-order valence-corrected chi connectivity index (χ1v) is 6.31. The minimum absolute atomic E-state index is 0.123. The van der Waals surface area contributed by atoms with E-state index in [1.165, 1.54) is 0 Å². The lowest BCUT2D eigenvalue weighted by Gasteiger charge is -2.30. The van der Waals surface area contributed by atoms with Gasteiger partial charge in [0.2, 0.25) is 0 Å². The molecule has 2 N–H and O–H groups in total. The summed E-state index contributed by atoms with van der Waals surface area (Å²) < 4.78 is 0. The SMILES string of the molecule is CC1(C)CCN(C(=O)NC(C(=O)O)C(C)(C)C)C1. The van der Waals surface area contributed by atoms with Crippen molar-refractivity contribution in [1.29, 1.82) is 0 Å². The summed E-state index contributed by atoms with van der Waals surface area (Å²) in [5, 5.41) is 11.8. The largest absolute Gasteiger partial charge is 0.480 e. The van der Waals surface area contributed by atoms with Crippen LogP contribution in [0.1, 0.15) is 41.0 Å². The third kappa shape index (κ3) is 3.62. The van der Waals surface area contributed by atoms with Crippen LogP contribution in [-0.4, -0.2) is 41.1 Å². The van der Waals surface area contributed by atoms with E-state index >= 15 is 0 Å². The Morgan fingerprint density at radius 3 is 2.22 bits per heavy atom. The molecule has 1 rings (SSSR count). The molecule has 5 heteroatoms. The Morgan fingerprint density at radius 1 is 1.33 bits per heavy atom. The minimum Gasteiger partial charge on any atom is -0.480 e. The highest BCUT2D eigenvalue weighted by atomic mass is 16.4. The number of likely N-dealkylation sites (tertiary alicyclic amines) is 1. The zero-order valence-electron chi connectivity index (χ0n) is 11.9. The molecule has 0 aromatic rings. The summed E-state index contributed by atoms with van der Waals surface area (Å²) in [4.78, 5) is 24.9. The van der Waals surface area contributed by atoms with E-state index in [1.807, 2.05) is 0 Å². The summed E-state index contributed by atoms with van der Waals surface area (Å²) in [6, 6.07) is -1.14. The molecule has 1 unspecified atom stereocenters. The van der Waals surface area contributed by atoms with Crippen molar-refractivity contribution in [2.75, 3.05) is 13.1 Å². The Labute approximate surface area is 109 Å². The smallest absolute Gasteiger partial charge is 0.326 e. The Morgan fingerprint density at radius 2 is 1.89 bits per heavy atom. The second kappa shape index (κ2) is 4.78. The summed E-state index contributed by atoms with van der Waals surface area (Å²) in [6.45, 7) is 11.0. The number of hydrogen-bond donors (Lipinski definition) is 2. The molecule has 0 aromatic heterocycles. The molecule has 1 atom stereocenters. The van der Waals surface area contributed by atoms with Crippen LogP contribution in [0.15, 0.2) is 0 Å². The third-order valence-corrected chi connectivity index (χ3v) is 3.35. The summed E-state index contributed by atoms with van der Waals surface area (Å²) in [6.07, 6.45) is 0.952. The zero-order chi connectivity index (χ0) is 14.1. The highest BCUT2D eigenvalue weighted by Crippen LogP contribution is 2.29. The minimum atomic E-state index is -0.991. The van der Waals surface area contributed by atoms with Gasteiger partial charge in [-0.2, -0.15) is 0 Å². The fourth-order valence-electron chi connectivity index (χ4n) is 2.15. The number of rotatable bonds is 2. The van der Waals surface area contributed by atoms with Gasteiger partial charge in [0.05, 0.1) is 0 Å². The molecule has 1 heterocycles. The molecule has 0 aliphatic carbocycles. The van der Waals surface area contributed by atoms with Gasteiger partial charge in [-0.1, -0.05) is 34.6 Å². The van der Waals surface area contributed by atoms with E-state index in [4.69, 9.17) is 0 Å². The van der Waals surface area contributed by atoms with Crippen molar-refractivity contribution in [2.45, 2.75) is 47.1 Å². The van der Waals surface area contributed by atoms with E-state index in [0.717, 1.165) is 6.42 Å². The molecule has 104 valence electrons. The van der Waals surface area contributed by atoms with Crippen LogP contribution in [0, 0.1) is 10.8 Å². The van der Waals surface area contributed by atoms with Crippen LogP contribution >= 0.6 is 0 Å². The number of urea groups is 1. The molecule has 0 spiro atoms. The van der Waals surface area contributed by atoms with Gasteiger partial charge in [-0.05, 0) is 17.3 Å². The summed E-state index contributed by atoms with van der Waals surface area (Å²) in [5.41, 5.74) is -0.380. The molecule has 0 radical (unpaired) electrons. The number of nitrogens with zero attached hydrogens (tertiary/aromatic N) is 1. The molecule has 5 nitrogen and oxygen atoms in total. The van der Waals surface area contributed by atoms with Crippen molar-refractivity contribution in [2.24, 2.45) is 10.8 Å². The Bertz CT molecular complexity index is 345. The van der Waals surface area contributed by atoms with E-state index < -0.39 is 17.4 Å². The van der Waals surface area contributed by atoms with Crippen LogP contribution in [-0.2, 0) is 4.79 Å². The Hall–Kier alpha value is -1.26. The van der Waals surface area contributed by atoms with E-state index in [0.29, 0.717) is 13.1 Å². The number of nitrogens with one attached hydrogen (secondary N) is 1. The van der Waals surface area contributed by atoms with Gasteiger partial charge in [0.25, 0.3) is 0 Å². The van der Waals surface area contributed by atoms with Crippen molar-refractivity contribution in [3.8, 4) is 0 Å². The Balaban J connectivity index is 2.66. The second-order valence-corrected chi connectivity index (χ2v) is 6.92. The van der Waals surface area contributed by atoms with Gasteiger partial charge in [0, 0.05) is 13.1 Å². The number of hydrogen-bond acceptors (Lipinski definition) is 2. The molecule has 0 bridgehead atoms. The van der Waals surface area contributed by atoms with Crippen LogP contribution in [0.3, 0.4) is 0 Å². The van der Waals surface area contributed by atoms with Gasteiger partial charge in [-0.25, -0.2) is 9.59 Å². The number of aliphatic carboxylic acids is 1. The maximum absolute atomic E-state index is 12.0. The number of amides is 2. The molecule has 1 saturated heterocycles. The van der Waals surface area contributed by atoms with E-state index in [2.05, 4.69) is 19.2 Å². The molecular formula is C13H24N2O3. The summed E-state index contributed by atoms with van der Waals surface area (Å²) >= 11 is 0. The number of carboxylic acid groups (broad SMARTS) is 1. The maximum atomic E-state index is 12.0. The molecule has 2 amide bonds. The van der Waals surface area contributed by atoms with Gasteiger partial charge >= 0.3 is 12.0 Å². The van der Waals surface area contributed by atoms with Gasteiger partial charge in [-0.15, -0.1) is 0 Å². The number of carbonyl (C=O) groups excluding carboxylic acids is 1. The van der Waals surface area contributed by atoms with Crippen LogP contribution < -0.4 is 5.32 Å². The topological polar surface area (TPSA) is 69.6 Å². The molecule has 0 saturated carbocycles. The lowest BCUT2D eigenvalue weighted by Crippen LogP contribution is -2.53. The van der Waals surface area contributed by atoms with E-state index in [-0.39, 0.29) is 11.4 Å². The van der Waals surface area contributed by atoms with Crippen molar-refractivity contribution in [3.63, 3.8) is 0 Å². The first-order chi connectivity index (χ1) is 8.03. The standard InChI is InChI=1S/C13H24N2O3/c1-12(2,3)9(10(16)17)14-11(18)15-7-6-13(4,5)8-15/h9H,6-8H2,1-5H3,(H,14,18)(H,16,17). The monoisotopic (exact) mass is 256 g/mol. The first kappa shape index (κ1) is 14.8. The van der Waals surface area contributed by atoms with Crippen molar-refractivity contribution >= 4 is 12.0 Å². The van der Waals surface area contributed by atoms with Gasteiger partial charge < -0.3 is 15.3 Å². The summed E-state index contributed by atoms with van der Waals surface area (Å²) in [5.74, 6) is -0.991. The molecular weight excluding hydrogens is 232 g/mol. The normalized spacial score (nSPS) is 20.6. The van der Waals surface area contributed by atoms with E-state index in [1.54, 1.807) is 25.7 Å². The van der Waals surface area contributed by atoms with Crippen molar-refractivity contribution < 1.29 is 14.7 Å². The quantitative estimate of drug-likeness (QED) is 0.793. The van der Waals surface area contributed by atoms with Crippen LogP contribution in [0.25, 0.3) is 0 Å². The number of carboxylic acids is 1. The first-order valence-electron chi connectivity index (χ1n) is 6.31. The lowest BCUT2D eigenvalue weighted by atomic mass is 9.87. The lowest BCUT2D eigenvalue weighted by molar-refractivity contribution is -0.142. The highest BCUT2D eigenvalue weighted by Gasteiger charge is 2.37. The number of carbonyl (C=O) groups is 2. The molecule has 0 aromatic carbocycles. The average molecular weight is 256 g/mol. The van der Waals surface area contributed by atoms with Crippen molar-refractivity contribution in [1.82, 2.24) is 10.2 Å². The van der Waals surface area contributed by atoms with Gasteiger partial charge in [0.1, 0.15) is 6.04 Å². The third-order valence-electron chi connectivity index (χ3n) is 3.35. The van der Waals surface area contributed by atoms with Crippen LogP contribution in [0.5, 0.6) is 0 Å². The molecule has 1 aliphatic rings. The summed E-state index contributed by atoms with van der Waals surface area (Å²) in [7, 11) is 0. The fourth-order valence-corrected chi connectivity index (χ4v) is 2.15. The predicted octanol–water partition coefficient (Wildman–Crippen LogP) is 1.93. The molecule has 18 heavy (non-hydrogen) atoms.